The Hall–Kier alpha value is -3.01. The van der Waals surface area contributed by atoms with E-state index in [1.165, 1.54) is 0 Å². The number of hydrogen-bond donors (Lipinski definition) is 1. The minimum absolute atomic E-state index is 0.168. The molecule has 1 heterocycles. The molecular weight excluding hydrogens is 276 g/mol. The van der Waals surface area contributed by atoms with Crippen molar-refractivity contribution in [1.29, 1.82) is 0 Å². The lowest BCUT2D eigenvalue weighted by Gasteiger charge is -2.10. The molecule has 3 aromatic rings. The smallest absolute Gasteiger partial charge is 0.255 e. The molecule has 4 nitrogen and oxygen atoms in total. The van der Waals surface area contributed by atoms with Crippen LogP contribution < -0.4 is 10.1 Å². The summed E-state index contributed by atoms with van der Waals surface area (Å²) in [5.74, 6) is 0.468. The highest BCUT2D eigenvalue weighted by molar-refractivity contribution is 6.05. The maximum absolute atomic E-state index is 12.4. The second kappa shape index (κ2) is 6.18. The van der Waals surface area contributed by atoms with E-state index in [0.29, 0.717) is 17.0 Å². The van der Waals surface area contributed by atoms with Gasteiger partial charge in [0.2, 0.25) is 0 Å². The highest BCUT2D eigenvalue weighted by Crippen LogP contribution is 2.24. The van der Waals surface area contributed by atoms with Crippen molar-refractivity contribution in [2.75, 3.05) is 12.4 Å². The highest BCUT2D eigenvalue weighted by atomic mass is 16.5. The molecule has 4 heteroatoms. The van der Waals surface area contributed by atoms with Gasteiger partial charge in [-0.3, -0.25) is 4.79 Å². The van der Waals surface area contributed by atoms with Crippen LogP contribution in [-0.2, 0) is 0 Å². The van der Waals surface area contributed by atoms with Crippen molar-refractivity contribution in [2.24, 2.45) is 0 Å². The summed E-state index contributed by atoms with van der Waals surface area (Å²) in [5.41, 5.74) is 2.19. The number of para-hydroxylation sites is 2. The summed E-state index contributed by atoms with van der Waals surface area (Å²) in [4.78, 5) is 12.4. The SMILES string of the molecule is COc1ccccc1NC(=O)c1cccc(-n2cccc2)c1. The van der Waals surface area contributed by atoms with Gasteiger partial charge in [-0.2, -0.15) is 0 Å². The molecule has 0 aliphatic carbocycles. The van der Waals surface area contributed by atoms with Crippen molar-refractivity contribution in [2.45, 2.75) is 0 Å². The van der Waals surface area contributed by atoms with Crippen LogP contribution in [0, 0.1) is 0 Å². The van der Waals surface area contributed by atoms with Crippen molar-refractivity contribution in [1.82, 2.24) is 4.57 Å². The Morgan fingerprint density at radius 1 is 1.00 bits per heavy atom. The summed E-state index contributed by atoms with van der Waals surface area (Å²) >= 11 is 0. The van der Waals surface area contributed by atoms with Gasteiger partial charge in [-0.05, 0) is 42.5 Å². The van der Waals surface area contributed by atoms with Gasteiger partial charge >= 0.3 is 0 Å². The van der Waals surface area contributed by atoms with E-state index in [4.69, 9.17) is 4.74 Å². The van der Waals surface area contributed by atoms with Crippen molar-refractivity contribution in [3.05, 3.63) is 78.6 Å². The molecule has 0 spiro atoms. The molecule has 0 atom stereocenters. The summed E-state index contributed by atoms with van der Waals surface area (Å²) in [6, 6.07) is 18.7. The van der Waals surface area contributed by atoms with Crippen molar-refractivity contribution in [3.63, 3.8) is 0 Å². The third kappa shape index (κ3) is 2.86. The predicted molar refractivity (Wildman–Crippen MR) is 86.7 cm³/mol. The van der Waals surface area contributed by atoms with E-state index in [-0.39, 0.29) is 5.91 Å². The van der Waals surface area contributed by atoms with Gasteiger partial charge in [-0.25, -0.2) is 0 Å². The second-order valence-electron chi connectivity index (χ2n) is 4.80. The van der Waals surface area contributed by atoms with E-state index in [9.17, 15) is 4.79 Å². The van der Waals surface area contributed by atoms with Crippen molar-refractivity contribution < 1.29 is 9.53 Å². The molecule has 1 N–H and O–H groups in total. The molecule has 0 fully saturated rings. The molecule has 1 amide bonds. The maximum Gasteiger partial charge on any atom is 0.255 e. The van der Waals surface area contributed by atoms with Crippen LogP contribution in [0.15, 0.2) is 73.1 Å². The van der Waals surface area contributed by atoms with Crippen LogP contribution in [0.4, 0.5) is 5.69 Å². The molecule has 0 aliphatic rings. The van der Waals surface area contributed by atoms with Crippen LogP contribution in [0.5, 0.6) is 5.75 Å². The molecule has 1 aromatic heterocycles. The molecule has 0 saturated carbocycles. The van der Waals surface area contributed by atoms with Crippen molar-refractivity contribution >= 4 is 11.6 Å². The number of rotatable bonds is 4. The largest absolute Gasteiger partial charge is 0.495 e. The Labute approximate surface area is 129 Å². The number of nitrogens with one attached hydrogen (secondary N) is 1. The molecule has 3 rings (SSSR count). The topological polar surface area (TPSA) is 43.3 Å². The number of hydrogen-bond acceptors (Lipinski definition) is 2. The zero-order chi connectivity index (χ0) is 15.4. The van der Waals surface area contributed by atoms with Crippen molar-refractivity contribution in [3.8, 4) is 11.4 Å². The Morgan fingerprint density at radius 2 is 1.77 bits per heavy atom. The van der Waals surface area contributed by atoms with E-state index in [1.807, 2.05) is 71.6 Å². The first-order valence-electron chi connectivity index (χ1n) is 6.96. The number of nitrogens with zero attached hydrogens (tertiary/aromatic N) is 1. The molecule has 110 valence electrons. The van der Waals surface area contributed by atoms with Gasteiger partial charge in [-0.1, -0.05) is 18.2 Å². The molecule has 0 radical (unpaired) electrons. The zero-order valence-electron chi connectivity index (χ0n) is 12.2. The Balaban J connectivity index is 1.85. The Kier molecular flexibility index (Phi) is 3.92. The van der Waals surface area contributed by atoms with E-state index in [1.54, 1.807) is 13.2 Å². The van der Waals surface area contributed by atoms with E-state index in [0.717, 1.165) is 5.69 Å². The molecule has 2 aromatic carbocycles. The summed E-state index contributed by atoms with van der Waals surface area (Å²) in [7, 11) is 1.58. The predicted octanol–water partition coefficient (Wildman–Crippen LogP) is 3.74. The number of benzene rings is 2. The number of amides is 1. The molecule has 0 unspecified atom stereocenters. The van der Waals surface area contributed by atoms with Crippen LogP contribution in [0.3, 0.4) is 0 Å². The first kappa shape index (κ1) is 13.9. The monoisotopic (exact) mass is 292 g/mol. The fraction of sp³-hybridized carbons (Fsp3) is 0.0556. The molecule has 0 bridgehead atoms. The van der Waals surface area contributed by atoms with E-state index >= 15 is 0 Å². The number of ether oxygens (including phenoxy) is 1. The summed E-state index contributed by atoms with van der Waals surface area (Å²) in [6.45, 7) is 0. The lowest BCUT2D eigenvalue weighted by atomic mass is 10.1. The standard InChI is InChI=1S/C18H16N2O2/c1-22-17-10-3-2-9-16(17)19-18(21)14-7-6-8-15(13-14)20-11-4-5-12-20/h2-13H,1H3,(H,19,21). The molecule has 0 aliphatic heterocycles. The van der Waals surface area contributed by atoms with Crippen LogP contribution >= 0.6 is 0 Å². The number of carbonyl (C=O) groups is 1. The fourth-order valence-corrected chi connectivity index (χ4v) is 2.26. The molecule has 0 saturated heterocycles. The van der Waals surface area contributed by atoms with Crippen LogP contribution in [-0.4, -0.2) is 17.6 Å². The summed E-state index contributed by atoms with van der Waals surface area (Å²) < 4.78 is 7.20. The van der Waals surface area contributed by atoms with Gasteiger partial charge in [0.15, 0.2) is 0 Å². The summed E-state index contributed by atoms with van der Waals surface area (Å²) in [5, 5.41) is 2.88. The number of carbonyl (C=O) groups excluding carboxylic acids is 1. The van der Waals surface area contributed by atoms with Crippen LogP contribution in [0.25, 0.3) is 5.69 Å². The van der Waals surface area contributed by atoms with Gasteiger partial charge in [0.1, 0.15) is 5.75 Å². The lowest BCUT2D eigenvalue weighted by molar-refractivity contribution is 0.102. The first-order chi connectivity index (χ1) is 10.8. The van der Waals surface area contributed by atoms with Gasteiger partial charge in [0.05, 0.1) is 12.8 Å². The third-order valence-corrected chi connectivity index (χ3v) is 3.37. The van der Waals surface area contributed by atoms with E-state index < -0.39 is 0 Å². The average molecular weight is 292 g/mol. The third-order valence-electron chi connectivity index (χ3n) is 3.37. The maximum atomic E-state index is 12.4. The number of anilines is 1. The number of methoxy groups -OCH3 is 1. The fourth-order valence-electron chi connectivity index (χ4n) is 2.26. The Bertz CT molecular complexity index is 779. The first-order valence-corrected chi connectivity index (χ1v) is 6.96. The molecule has 22 heavy (non-hydrogen) atoms. The van der Waals surface area contributed by atoms with Gasteiger partial charge < -0.3 is 14.6 Å². The minimum Gasteiger partial charge on any atom is -0.495 e. The van der Waals surface area contributed by atoms with E-state index in [2.05, 4.69) is 5.32 Å². The van der Waals surface area contributed by atoms with Gasteiger partial charge in [0, 0.05) is 23.6 Å². The number of aromatic nitrogens is 1. The normalized spacial score (nSPS) is 10.2. The Morgan fingerprint density at radius 3 is 2.55 bits per heavy atom. The highest BCUT2D eigenvalue weighted by Gasteiger charge is 2.10. The summed E-state index contributed by atoms with van der Waals surface area (Å²) in [6.07, 6.45) is 3.88. The van der Waals surface area contributed by atoms with Crippen LogP contribution in [0.2, 0.25) is 0 Å². The lowest BCUT2D eigenvalue weighted by Crippen LogP contribution is -2.13. The second-order valence-corrected chi connectivity index (χ2v) is 4.80. The minimum atomic E-state index is -0.168. The van der Waals surface area contributed by atoms with Crippen LogP contribution in [0.1, 0.15) is 10.4 Å². The zero-order valence-corrected chi connectivity index (χ0v) is 12.2. The van der Waals surface area contributed by atoms with Gasteiger partial charge in [0.25, 0.3) is 5.91 Å². The van der Waals surface area contributed by atoms with Gasteiger partial charge in [-0.15, -0.1) is 0 Å². The molecular formula is C18H16N2O2. The quantitative estimate of drug-likeness (QED) is 0.796. The average Bonchev–Trinajstić information content (AvgIpc) is 3.10.